The summed E-state index contributed by atoms with van der Waals surface area (Å²) < 4.78 is 5.29. The van der Waals surface area contributed by atoms with Gasteiger partial charge in [-0.1, -0.05) is 13.0 Å². The van der Waals surface area contributed by atoms with Crippen LogP contribution >= 0.6 is 0 Å². The van der Waals surface area contributed by atoms with Gasteiger partial charge in [-0.3, -0.25) is 5.32 Å². The molecule has 0 unspecified atom stereocenters. The number of amides is 1. The fraction of sp³-hybridized carbons (Fsp3) is 0.333. The molecule has 1 heterocycles. The van der Waals surface area contributed by atoms with E-state index in [-0.39, 0.29) is 0 Å². The third-order valence-corrected chi connectivity index (χ3v) is 3.24. The summed E-state index contributed by atoms with van der Waals surface area (Å²) in [4.78, 5) is 11.4. The van der Waals surface area contributed by atoms with Crippen LogP contribution in [0.2, 0.25) is 0 Å². The number of fused-ring (bicyclic) bond motifs is 1. The number of benzene rings is 1. The van der Waals surface area contributed by atoms with Gasteiger partial charge in [0.25, 0.3) is 0 Å². The van der Waals surface area contributed by atoms with E-state index in [1.165, 1.54) is 0 Å². The molecule has 1 aliphatic rings. The molecule has 0 saturated heterocycles. The number of allylic oxidation sites excluding steroid dienone is 2. The summed E-state index contributed by atoms with van der Waals surface area (Å²) in [6, 6.07) is 7.80. The lowest BCUT2D eigenvalue weighted by molar-refractivity contribution is 0.0420. The van der Waals surface area contributed by atoms with Crippen molar-refractivity contribution < 1.29 is 9.53 Å². The van der Waals surface area contributed by atoms with E-state index < -0.39 is 11.7 Å². The van der Waals surface area contributed by atoms with E-state index in [0.717, 1.165) is 28.8 Å². The maximum Gasteiger partial charge on any atom is 0.412 e. The van der Waals surface area contributed by atoms with Crippen molar-refractivity contribution in [2.75, 3.05) is 5.32 Å². The molecule has 98 valence electrons. The minimum atomic E-state index is -0.667. The summed E-state index contributed by atoms with van der Waals surface area (Å²) in [7, 11) is 0. The molecule has 4 heteroatoms. The van der Waals surface area contributed by atoms with Crippen LogP contribution in [-0.2, 0) is 10.3 Å². The maximum absolute atomic E-state index is 11.4. The van der Waals surface area contributed by atoms with E-state index in [0.29, 0.717) is 0 Å². The Hall–Kier alpha value is -2.28. The van der Waals surface area contributed by atoms with Gasteiger partial charge in [0.15, 0.2) is 0 Å². The Kier molecular flexibility index (Phi) is 3.30. The number of carbonyl (C=O) groups excluding carboxylic acids is 1. The van der Waals surface area contributed by atoms with Gasteiger partial charge < -0.3 is 4.74 Å². The van der Waals surface area contributed by atoms with Crippen LogP contribution in [0, 0.1) is 11.3 Å². The predicted molar refractivity (Wildman–Crippen MR) is 73.5 cm³/mol. The zero-order valence-electron chi connectivity index (χ0n) is 11.3. The minimum Gasteiger partial charge on any atom is -0.438 e. The molecule has 0 radical (unpaired) electrons. The predicted octanol–water partition coefficient (Wildman–Crippen LogP) is 3.80. The van der Waals surface area contributed by atoms with Crippen LogP contribution in [0.25, 0.3) is 5.57 Å². The Morgan fingerprint density at radius 3 is 2.89 bits per heavy atom. The van der Waals surface area contributed by atoms with Crippen LogP contribution in [0.5, 0.6) is 0 Å². The Balaban J connectivity index is 2.53. The molecule has 1 aromatic rings. The molecule has 0 fully saturated rings. The molecular weight excluding hydrogens is 240 g/mol. The van der Waals surface area contributed by atoms with Crippen LogP contribution < -0.4 is 5.32 Å². The van der Waals surface area contributed by atoms with Crippen molar-refractivity contribution in [1.29, 1.82) is 5.26 Å². The van der Waals surface area contributed by atoms with Crippen LogP contribution in [0.3, 0.4) is 0 Å². The average molecular weight is 256 g/mol. The lowest BCUT2D eigenvalue weighted by Crippen LogP contribution is -2.34. The van der Waals surface area contributed by atoms with E-state index in [2.05, 4.69) is 11.4 Å². The van der Waals surface area contributed by atoms with Gasteiger partial charge >= 0.3 is 6.09 Å². The number of cyclic esters (lactones) is 1. The summed E-state index contributed by atoms with van der Waals surface area (Å²) in [5.41, 5.74) is 2.96. The molecule has 1 aliphatic heterocycles. The molecule has 4 nitrogen and oxygen atoms in total. The highest BCUT2D eigenvalue weighted by atomic mass is 16.6. The van der Waals surface area contributed by atoms with Gasteiger partial charge in [-0.25, -0.2) is 4.79 Å². The molecule has 0 spiro atoms. The standard InChI is InChI=1S/C15H16N2O2/c1-4-10(7-8-16)11-5-6-13-12(9-11)15(2,3)19-14(18)17-13/h5-7,9H,4H2,1-3H3,(H,17,18). The summed E-state index contributed by atoms with van der Waals surface area (Å²) in [5.74, 6) is 0. The van der Waals surface area contributed by atoms with Crippen molar-refractivity contribution in [1.82, 2.24) is 0 Å². The molecule has 0 atom stereocenters. The number of nitriles is 1. The van der Waals surface area contributed by atoms with Crippen molar-refractivity contribution in [3.05, 3.63) is 35.4 Å². The van der Waals surface area contributed by atoms with Crippen molar-refractivity contribution >= 4 is 17.4 Å². The second-order valence-corrected chi connectivity index (χ2v) is 4.94. The Bertz CT molecular complexity index is 595. The highest BCUT2D eigenvalue weighted by Crippen LogP contribution is 2.37. The number of ether oxygens (including phenoxy) is 1. The minimum absolute atomic E-state index is 0.437. The third-order valence-electron chi connectivity index (χ3n) is 3.24. The van der Waals surface area contributed by atoms with Gasteiger partial charge in [0, 0.05) is 11.6 Å². The lowest BCUT2D eigenvalue weighted by Gasteiger charge is -2.32. The lowest BCUT2D eigenvalue weighted by atomic mass is 9.90. The van der Waals surface area contributed by atoms with Gasteiger partial charge in [0.2, 0.25) is 0 Å². The molecule has 0 saturated carbocycles. The number of nitrogens with zero attached hydrogens (tertiary/aromatic N) is 1. The number of carbonyl (C=O) groups is 1. The highest BCUT2D eigenvalue weighted by molar-refractivity contribution is 5.89. The Labute approximate surface area is 112 Å². The van der Waals surface area contributed by atoms with Crippen LogP contribution in [0.1, 0.15) is 38.3 Å². The van der Waals surface area contributed by atoms with E-state index >= 15 is 0 Å². The van der Waals surface area contributed by atoms with Crippen LogP contribution in [0.15, 0.2) is 24.3 Å². The van der Waals surface area contributed by atoms with E-state index in [1.54, 1.807) is 6.08 Å². The summed E-state index contributed by atoms with van der Waals surface area (Å²) in [6.07, 6.45) is 1.89. The molecule has 1 amide bonds. The Morgan fingerprint density at radius 2 is 2.26 bits per heavy atom. The first kappa shape index (κ1) is 13.2. The molecule has 0 bridgehead atoms. The maximum atomic E-state index is 11.4. The van der Waals surface area contributed by atoms with Gasteiger partial charge in [-0.15, -0.1) is 0 Å². The topological polar surface area (TPSA) is 62.1 Å². The zero-order valence-corrected chi connectivity index (χ0v) is 11.3. The summed E-state index contributed by atoms with van der Waals surface area (Å²) in [6.45, 7) is 5.72. The molecule has 1 aromatic carbocycles. The highest BCUT2D eigenvalue weighted by Gasteiger charge is 2.33. The first-order valence-electron chi connectivity index (χ1n) is 6.21. The monoisotopic (exact) mass is 256 g/mol. The van der Waals surface area contributed by atoms with E-state index in [4.69, 9.17) is 10.00 Å². The zero-order chi connectivity index (χ0) is 14.0. The molecule has 1 N–H and O–H groups in total. The third kappa shape index (κ3) is 2.45. The first-order valence-corrected chi connectivity index (χ1v) is 6.21. The normalized spacial score (nSPS) is 16.9. The van der Waals surface area contributed by atoms with Crippen molar-refractivity contribution in [3.8, 4) is 6.07 Å². The quantitative estimate of drug-likeness (QED) is 0.818. The summed E-state index contributed by atoms with van der Waals surface area (Å²) in [5, 5.41) is 11.5. The van der Waals surface area contributed by atoms with Crippen LogP contribution in [-0.4, -0.2) is 6.09 Å². The van der Waals surface area contributed by atoms with E-state index in [9.17, 15) is 4.79 Å². The van der Waals surface area contributed by atoms with Crippen molar-refractivity contribution in [2.24, 2.45) is 0 Å². The number of nitrogens with one attached hydrogen (secondary N) is 1. The second-order valence-electron chi connectivity index (χ2n) is 4.94. The number of hydrogen-bond donors (Lipinski definition) is 1. The molecule has 0 aromatic heterocycles. The van der Waals surface area contributed by atoms with Crippen molar-refractivity contribution in [3.63, 3.8) is 0 Å². The Morgan fingerprint density at radius 1 is 1.53 bits per heavy atom. The van der Waals surface area contributed by atoms with Gasteiger partial charge in [-0.2, -0.15) is 5.26 Å². The molecular formula is C15H16N2O2. The number of hydrogen-bond acceptors (Lipinski definition) is 3. The van der Waals surface area contributed by atoms with Gasteiger partial charge in [0.1, 0.15) is 5.60 Å². The van der Waals surface area contributed by atoms with Crippen molar-refractivity contribution in [2.45, 2.75) is 32.8 Å². The SMILES string of the molecule is CCC(=CC#N)c1ccc2c(c1)C(C)(C)OC(=O)N2. The summed E-state index contributed by atoms with van der Waals surface area (Å²) >= 11 is 0. The molecule has 2 rings (SSSR count). The van der Waals surface area contributed by atoms with Crippen LogP contribution in [0.4, 0.5) is 10.5 Å². The van der Waals surface area contributed by atoms with Gasteiger partial charge in [0.05, 0.1) is 11.8 Å². The fourth-order valence-electron chi connectivity index (χ4n) is 2.24. The largest absolute Gasteiger partial charge is 0.438 e. The number of anilines is 1. The first-order chi connectivity index (χ1) is 8.97. The second kappa shape index (κ2) is 4.77. The van der Waals surface area contributed by atoms with E-state index in [1.807, 2.05) is 39.0 Å². The average Bonchev–Trinajstić information content (AvgIpc) is 2.34. The molecule has 19 heavy (non-hydrogen) atoms. The smallest absolute Gasteiger partial charge is 0.412 e. The van der Waals surface area contributed by atoms with Gasteiger partial charge in [-0.05, 0) is 43.5 Å². The molecule has 0 aliphatic carbocycles. The fourth-order valence-corrected chi connectivity index (χ4v) is 2.24. The number of rotatable bonds is 2.